The van der Waals surface area contributed by atoms with Crippen molar-refractivity contribution in [3.63, 3.8) is 0 Å². The van der Waals surface area contributed by atoms with E-state index >= 15 is 0 Å². The molecule has 0 bridgehead atoms. The normalized spacial score (nSPS) is 12.6. The zero-order valence-electron chi connectivity index (χ0n) is 17.2. The minimum atomic E-state index is -4.43. The maximum absolute atomic E-state index is 12.3. The molecule has 29 heavy (non-hydrogen) atoms. The average Bonchev–Trinajstić information content (AvgIpc) is 2.89. The fourth-order valence-electron chi connectivity index (χ4n) is 3.21. The van der Waals surface area contributed by atoms with Crippen molar-refractivity contribution in [2.45, 2.75) is 45.8 Å². The zero-order chi connectivity index (χ0) is 21.8. The average molecular weight is 413 g/mol. The lowest BCUT2D eigenvalue weighted by Gasteiger charge is -2.15. The van der Waals surface area contributed by atoms with Crippen LogP contribution in [-0.2, 0) is 18.3 Å². The van der Waals surface area contributed by atoms with Gasteiger partial charge in [0.25, 0.3) is 0 Å². The highest BCUT2D eigenvalue weighted by atomic mass is 19.4. The van der Waals surface area contributed by atoms with Gasteiger partial charge in [0.05, 0.1) is 18.8 Å². The van der Waals surface area contributed by atoms with Gasteiger partial charge < -0.3 is 14.8 Å². The number of nitrogens with zero attached hydrogens (tertiary/aromatic N) is 2. The molecule has 160 valence electrons. The number of benzene rings is 1. The van der Waals surface area contributed by atoms with Gasteiger partial charge >= 0.3 is 6.18 Å². The highest BCUT2D eigenvalue weighted by Crippen LogP contribution is 2.30. The number of carbonyl (C=O) groups is 1. The molecule has 1 aromatic heterocycles. The van der Waals surface area contributed by atoms with Crippen LogP contribution in [0.25, 0.3) is 0 Å². The van der Waals surface area contributed by atoms with E-state index in [1.807, 2.05) is 27.8 Å². The molecule has 1 unspecified atom stereocenters. The Morgan fingerprint density at radius 1 is 1.28 bits per heavy atom. The highest BCUT2D eigenvalue weighted by Gasteiger charge is 2.29. The summed E-state index contributed by atoms with van der Waals surface area (Å²) in [6.07, 6.45) is -3.78. The smallest absolute Gasteiger partial charge is 0.422 e. The number of aromatic nitrogens is 2. The van der Waals surface area contributed by atoms with Gasteiger partial charge in [-0.2, -0.15) is 18.3 Å². The molecule has 1 N–H and O–H groups in total. The molecule has 9 heteroatoms. The van der Waals surface area contributed by atoms with E-state index < -0.39 is 12.8 Å². The third-order valence-corrected chi connectivity index (χ3v) is 4.64. The van der Waals surface area contributed by atoms with Gasteiger partial charge in [-0.05, 0) is 44.9 Å². The van der Waals surface area contributed by atoms with E-state index in [2.05, 4.69) is 10.4 Å². The molecule has 1 atom stereocenters. The number of aryl methyl sites for hydroxylation is 3. The lowest BCUT2D eigenvalue weighted by Crippen LogP contribution is -2.27. The fraction of sp³-hybridized carbons (Fsp3) is 0.500. The van der Waals surface area contributed by atoms with Crippen molar-refractivity contribution in [3.8, 4) is 11.5 Å². The van der Waals surface area contributed by atoms with Crippen LogP contribution in [0.15, 0.2) is 18.2 Å². The molecule has 2 aromatic rings. The molecular formula is C20H26F3N3O3. The van der Waals surface area contributed by atoms with Gasteiger partial charge in [-0.1, -0.05) is 6.07 Å². The first-order valence-electron chi connectivity index (χ1n) is 9.17. The predicted molar refractivity (Wildman–Crippen MR) is 102 cm³/mol. The summed E-state index contributed by atoms with van der Waals surface area (Å²) < 4.78 is 48.6. The van der Waals surface area contributed by atoms with Crippen LogP contribution in [0.5, 0.6) is 11.5 Å². The SMILES string of the molecule is COc1cc(CCC(=O)NC(C)c2c(C)nn(C)c2C)ccc1OCC(F)(F)F. The molecular weight excluding hydrogens is 387 g/mol. The molecule has 2 rings (SSSR count). The summed E-state index contributed by atoms with van der Waals surface area (Å²) in [4.78, 5) is 12.3. The van der Waals surface area contributed by atoms with Gasteiger partial charge in [0.1, 0.15) is 0 Å². The van der Waals surface area contributed by atoms with Gasteiger partial charge in [-0.15, -0.1) is 0 Å². The van der Waals surface area contributed by atoms with E-state index in [1.165, 1.54) is 13.2 Å². The second-order valence-electron chi connectivity index (χ2n) is 6.89. The molecule has 0 saturated heterocycles. The lowest BCUT2D eigenvalue weighted by atomic mass is 10.1. The van der Waals surface area contributed by atoms with Crippen molar-refractivity contribution >= 4 is 5.91 Å². The Labute approximate surface area is 168 Å². The van der Waals surface area contributed by atoms with E-state index in [0.717, 1.165) is 22.5 Å². The van der Waals surface area contributed by atoms with E-state index in [4.69, 9.17) is 9.47 Å². The number of hydrogen-bond acceptors (Lipinski definition) is 4. The largest absolute Gasteiger partial charge is 0.493 e. The molecule has 0 aliphatic heterocycles. The van der Waals surface area contributed by atoms with Crippen molar-refractivity contribution < 1.29 is 27.4 Å². The number of halogens is 3. The number of rotatable bonds is 8. The molecule has 1 heterocycles. The van der Waals surface area contributed by atoms with Crippen molar-refractivity contribution in [1.29, 1.82) is 0 Å². The highest BCUT2D eigenvalue weighted by molar-refractivity contribution is 5.76. The van der Waals surface area contributed by atoms with Gasteiger partial charge in [0, 0.05) is 24.7 Å². The number of amides is 1. The Balaban J connectivity index is 1.95. The molecule has 0 fully saturated rings. The Morgan fingerprint density at radius 3 is 2.52 bits per heavy atom. The van der Waals surface area contributed by atoms with E-state index in [-0.39, 0.29) is 29.9 Å². The monoisotopic (exact) mass is 413 g/mol. The third-order valence-electron chi connectivity index (χ3n) is 4.64. The van der Waals surface area contributed by atoms with Crippen molar-refractivity contribution in [2.24, 2.45) is 7.05 Å². The molecule has 0 spiro atoms. The summed E-state index contributed by atoms with van der Waals surface area (Å²) in [7, 11) is 3.21. The van der Waals surface area contributed by atoms with Gasteiger partial charge in [0.15, 0.2) is 18.1 Å². The summed E-state index contributed by atoms with van der Waals surface area (Å²) in [6.45, 7) is 4.37. The zero-order valence-corrected chi connectivity index (χ0v) is 17.2. The number of hydrogen-bond donors (Lipinski definition) is 1. The van der Waals surface area contributed by atoms with Gasteiger partial charge in [-0.25, -0.2) is 0 Å². The summed E-state index contributed by atoms with van der Waals surface area (Å²) in [5, 5.41) is 7.32. The van der Waals surface area contributed by atoms with Gasteiger partial charge in [-0.3, -0.25) is 9.48 Å². The summed E-state index contributed by atoms with van der Waals surface area (Å²) in [5.41, 5.74) is 3.62. The van der Waals surface area contributed by atoms with Crippen molar-refractivity contribution in [2.75, 3.05) is 13.7 Å². The van der Waals surface area contributed by atoms with Crippen LogP contribution in [0.2, 0.25) is 0 Å². The molecule has 6 nitrogen and oxygen atoms in total. The fourth-order valence-corrected chi connectivity index (χ4v) is 3.21. The standard InChI is InChI=1S/C20H26F3N3O3/c1-12(19-13(2)25-26(4)14(19)3)24-18(27)9-7-15-6-8-16(17(10-15)28-5)29-11-20(21,22)23/h6,8,10,12H,7,9,11H2,1-5H3,(H,24,27). The lowest BCUT2D eigenvalue weighted by molar-refractivity contribution is -0.153. The van der Waals surface area contributed by atoms with E-state index in [1.54, 1.807) is 16.8 Å². The second kappa shape index (κ2) is 9.19. The number of nitrogens with one attached hydrogen (secondary N) is 1. The van der Waals surface area contributed by atoms with Crippen LogP contribution >= 0.6 is 0 Å². The predicted octanol–water partition coefficient (Wildman–Crippen LogP) is 3.80. The molecule has 1 aromatic carbocycles. The first-order chi connectivity index (χ1) is 13.5. The first kappa shape index (κ1) is 22.6. The second-order valence-corrected chi connectivity index (χ2v) is 6.89. The Bertz CT molecular complexity index is 863. The Hall–Kier alpha value is -2.71. The van der Waals surface area contributed by atoms with E-state index in [0.29, 0.717) is 6.42 Å². The van der Waals surface area contributed by atoms with Crippen molar-refractivity contribution in [3.05, 3.63) is 40.7 Å². The molecule has 0 radical (unpaired) electrons. The topological polar surface area (TPSA) is 65.4 Å². The number of ether oxygens (including phenoxy) is 2. The number of methoxy groups -OCH3 is 1. The summed E-state index contributed by atoms with van der Waals surface area (Å²) >= 11 is 0. The molecule has 0 saturated carbocycles. The van der Waals surface area contributed by atoms with Crippen LogP contribution < -0.4 is 14.8 Å². The van der Waals surface area contributed by atoms with E-state index in [9.17, 15) is 18.0 Å². The van der Waals surface area contributed by atoms with Crippen LogP contribution in [-0.4, -0.2) is 35.6 Å². The third kappa shape index (κ3) is 6.13. The Kier molecular flexibility index (Phi) is 7.16. The van der Waals surface area contributed by atoms with Gasteiger partial charge in [0.2, 0.25) is 5.91 Å². The Morgan fingerprint density at radius 2 is 1.97 bits per heavy atom. The quantitative estimate of drug-likeness (QED) is 0.715. The minimum Gasteiger partial charge on any atom is -0.493 e. The van der Waals surface area contributed by atoms with Crippen molar-refractivity contribution in [1.82, 2.24) is 15.1 Å². The van der Waals surface area contributed by atoms with Crippen LogP contribution in [0.3, 0.4) is 0 Å². The molecule has 0 aliphatic carbocycles. The minimum absolute atomic E-state index is 0.00850. The first-order valence-corrected chi connectivity index (χ1v) is 9.17. The van der Waals surface area contributed by atoms with Crippen LogP contribution in [0, 0.1) is 13.8 Å². The summed E-state index contributed by atoms with van der Waals surface area (Å²) in [5.74, 6) is 0.0767. The molecule has 1 amide bonds. The summed E-state index contributed by atoms with van der Waals surface area (Å²) in [6, 6.07) is 4.45. The molecule has 0 aliphatic rings. The number of carbonyl (C=O) groups excluding carboxylic acids is 1. The van der Waals surface area contributed by atoms with Crippen LogP contribution in [0.1, 0.15) is 41.9 Å². The maximum atomic E-state index is 12.3. The van der Waals surface area contributed by atoms with Crippen LogP contribution in [0.4, 0.5) is 13.2 Å². The number of alkyl halides is 3. The maximum Gasteiger partial charge on any atom is 0.422 e.